The second-order valence-corrected chi connectivity index (χ2v) is 3.29. The number of aryl methyl sites for hydroxylation is 2. The van der Waals surface area contributed by atoms with Crippen LogP contribution in [0.1, 0.15) is 11.1 Å². The van der Waals surface area contributed by atoms with Gasteiger partial charge in [-0.1, -0.05) is 35.4 Å². The molecule has 16 heavy (non-hydrogen) atoms. The molecule has 0 saturated heterocycles. The predicted octanol–water partition coefficient (Wildman–Crippen LogP) is 0.648. The third-order valence-corrected chi connectivity index (χ3v) is 1.62. The van der Waals surface area contributed by atoms with Crippen molar-refractivity contribution in [3.8, 4) is 0 Å². The maximum atomic E-state index is 9.69. The normalized spacial score (nSPS) is 8.62. The zero-order valence-corrected chi connectivity index (χ0v) is 9.47. The van der Waals surface area contributed by atoms with E-state index in [1.165, 1.54) is 11.1 Å². The Bertz CT molecular complexity index is 333. The smallest absolute Gasteiger partial charge is 0.325 e. The zero-order chi connectivity index (χ0) is 12.6. The molecule has 0 unspecified atom stereocenters. The number of hydrogen-bond donors (Lipinski definition) is 3. The van der Waals surface area contributed by atoms with Crippen LogP contribution in [0.4, 0.5) is 0 Å². The highest BCUT2D eigenvalue weighted by Gasteiger charge is 1.90. The van der Waals surface area contributed by atoms with E-state index < -0.39 is 5.97 Å². The summed E-state index contributed by atoms with van der Waals surface area (Å²) in [6.45, 7) is 3.83. The van der Waals surface area contributed by atoms with E-state index in [4.69, 9.17) is 16.6 Å². The summed E-state index contributed by atoms with van der Waals surface area (Å²) in [5.41, 5.74) is 12.3. The molecule has 0 aliphatic heterocycles. The van der Waals surface area contributed by atoms with Crippen molar-refractivity contribution in [1.29, 1.82) is 0 Å². The highest BCUT2D eigenvalue weighted by atomic mass is 16.4. The van der Waals surface area contributed by atoms with Gasteiger partial charge < -0.3 is 16.6 Å². The van der Waals surface area contributed by atoms with Crippen LogP contribution in [0.5, 0.6) is 0 Å². The summed E-state index contributed by atoms with van der Waals surface area (Å²) in [7, 11) is 0. The van der Waals surface area contributed by atoms with Gasteiger partial charge in [-0.15, -0.1) is 0 Å². The molecule has 88 valence electrons. The Labute approximate surface area is 94.8 Å². The van der Waals surface area contributed by atoms with E-state index in [1.54, 1.807) is 0 Å². The molecule has 0 amide bonds. The highest BCUT2D eigenvalue weighted by Crippen LogP contribution is 1.99. The first-order valence-corrected chi connectivity index (χ1v) is 4.72. The number of aliphatic imine (C=N–C) groups is 1. The van der Waals surface area contributed by atoms with Gasteiger partial charge >= 0.3 is 5.97 Å². The largest absolute Gasteiger partial charge is 0.480 e. The number of carboxylic acid groups (broad SMARTS) is 1. The Balaban J connectivity index is 0.000000281. The Morgan fingerprint density at radius 3 is 1.75 bits per heavy atom. The average Bonchev–Trinajstić information content (AvgIpc) is 2.20. The summed E-state index contributed by atoms with van der Waals surface area (Å²) in [6, 6.07) is 8.48. The highest BCUT2D eigenvalue weighted by molar-refractivity contribution is 5.79. The fraction of sp³-hybridized carbons (Fsp3) is 0.273. The Morgan fingerprint density at radius 2 is 1.56 bits per heavy atom. The molecule has 0 aliphatic carbocycles. The number of nitrogens with two attached hydrogens (primary N) is 2. The van der Waals surface area contributed by atoms with E-state index in [9.17, 15) is 4.79 Å². The fourth-order valence-electron chi connectivity index (χ4n) is 0.796. The predicted molar refractivity (Wildman–Crippen MR) is 64.2 cm³/mol. The summed E-state index contributed by atoms with van der Waals surface area (Å²) in [6.07, 6.45) is 0. The van der Waals surface area contributed by atoms with Gasteiger partial charge in [0.2, 0.25) is 0 Å². The molecule has 5 heteroatoms. The van der Waals surface area contributed by atoms with Crippen molar-refractivity contribution in [2.24, 2.45) is 16.5 Å². The van der Waals surface area contributed by atoms with Gasteiger partial charge in [0.05, 0.1) is 0 Å². The lowest BCUT2D eigenvalue weighted by Crippen LogP contribution is -2.24. The van der Waals surface area contributed by atoms with E-state index in [1.807, 2.05) is 0 Å². The quantitative estimate of drug-likeness (QED) is 0.506. The maximum Gasteiger partial charge on any atom is 0.325 e. The number of rotatable bonds is 2. The average molecular weight is 223 g/mol. The molecule has 0 spiro atoms. The standard InChI is InChI=1S/C8H10.C3H7N3O2/c1-7-3-5-8(2)6-4-7;4-3(5)6-1-2(7)8/h3-6H,1-2H3;1H2,(H,7,8)(H4,4,5,6). The molecule has 0 bridgehead atoms. The molecule has 5 N–H and O–H groups in total. The van der Waals surface area contributed by atoms with Crippen molar-refractivity contribution in [3.63, 3.8) is 0 Å². The summed E-state index contributed by atoms with van der Waals surface area (Å²) < 4.78 is 0. The van der Waals surface area contributed by atoms with Gasteiger partial charge in [0.1, 0.15) is 6.54 Å². The van der Waals surface area contributed by atoms with Crippen molar-refractivity contribution in [1.82, 2.24) is 0 Å². The van der Waals surface area contributed by atoms with Gasteiger partial charge in [-0.3, -0.25) is 4.79 Å². The molecule has 0 aliphatic rings. The number of carboxylic acids is 1. The second kappa shape index (κ2) is 7.28. The number of carbonyl (C=O) groups is 1. The van der Waals surface area contributed by atoms with Crippen LogP contribution in [0, 0.1) is 13.8 Å². The van der Waals surface area contributed by atoms with E-state index in [0.717, 1.165) is 0 Å². The van der Waals surface area contributed by atoms with Crippen molar-refractivity contribution in [2.45, 2.75) is 13.8 Å². The van der Waals surface area contributed by atoms with Gasteiger partial charge in [0.15, 0.2) is 5.96 Å². The molecule has 1 aromatic carbocycles. The molecule has 5 nitrogen and oxygen atoms in total. The molecule has 0 atom stereocenters. The molecule has 1 aromatic rings. The Hall–Kier alpha value is -2.04. The minimum atomic E-state index is -1.04. The lowest BCUT2D eigenvalue weighted by Gasteiger charge is -1.90. The minimum absolute atomic E-state index is 0.201. The first-order valence-electron chi connectivity index (χ1n) is 4.72. The molecular formula is C11H17N3O2. The van der Waals surface area contributed by atoms with Crippen LogP contribution in [-0.4, -0.2) is 23.6 Å². The lowest BCUT2D eigenvalue weighted by atomic mass is 10.2. The Morgan fingerprint density at radius 1 is 1.19 bits per heavy atom. The minimum Gasteiger partial charge on any atom is -0.480 e. The SMILES string of the molecule is Cc1ccc(C)cc1.NC(N)=NCC(=O)O. The molecule has 0 fully saturated rings. The number of benzene rings is 1. The van der Waals surface area contributed by atoms with Crippen molar-refractivity contribution in [2.75, 3.05) is 6.54 Å². The monoisotopic (exact) mass is 223 g/mol. The summed E-state index contributed by atoms with van der Waals surface area (Å²) in [5.74, 6) is -1.24. The number of guanidine groups is 1. The second-order valence-electron chi connectivity index (χ2n) is 3.29. The first-order chi connectivity index (χ1) is 7.41. The molecule has 0 saturated carbocycles. The van der Waals surface area contributed by atoms with Gasteiger partial charge in [-0.05, 0) is 13.8 Å². The van der Waals surface area contributed by atoms with Crippen LogP contribution in [0.15, 0.2) is 29.3 Å². The van der Waals surface area contributed by atoms with Crippen LogP contribution in [0.3, 0.4) is 0 Å². The molecule has 1 rings (SSSR count). The maximum absolute atomic E-state index is 9.69. The van der Waals surface area contributed by atoms with Crippen LogP contribution in [-0.2, 0) is 4.79 Å². The molecular weight excluding hydrogens is 206 g/mol. The van der Waals surface area contributed by atoms with Gasteiger partial charge in [0.25, 0.3) is 0 Å². The summed E-state index contributed by atoms with van der Waals surface area (Å²) in [5, 5.41) is 7.94. The number of hydrogen-bond acceptors (Lipinski definition) is 2. The fourth-order valence-corrected chi connectivity index (χ4v) is 0.796. The van der Waals surface area contributed by atoms with Crippen LogP contribution in [0.2, 0.25) is 0 Å². The zero-order valence-electron chi connectivity index (χ0n) is 9.47. The van der Waals surface area contributed by atoms with E-state index in [-0.39, 0.29) is 12.5 Å². The molecule has 0 aromatic heterocycles. The van der Waals surface area contributed by atoms with E-state index in [2.05, 4.69) is 43.1 Å². The number of aliphatic carboxylic acids is 1. The Kier molecular flexibility index (Phi) is 6.35. The van der Waals surface area contributed by atoms with Crippen LogP contribution >= 0.6 is 0 Å². The first kappa shape index (κ1) is 14.0. The van der Waals surface area contributed by atoms with Gasteiger partial charge in [0, 0.05) is 0 Å². The van der Waals surface area contributed by atoms with Gasteiger partial charge in [-0.2, -0.15) is 0 Å². The molecule has 0 radical (unpaired) electrons. The van der Waals surface area contributed by atoms with E-state index in [0.29, 0.717) is 0 Å². The van der Waals surface area contributed by atoms with Crippen LogP contribution < -0.4 is 11.5 Å². The lowest BCUT2D eigenvalue weighted by molar-refractivity contribution is -0.135. The topological polar surface area (TPSA) is 102 Å². The summed E-state index contributed by atoms with van der Waals surface area (Å²) in [4.78, 5) is 12.9. The van der Waals surface area contributed by atoms with Gasteiger partial charge in [-0.25, -0.2) is 4.99 Å². The third-order valence-electron chi connectivity index (χ3n) is 1.62. The van der Waals surface area contributed by atoms with Crippen molar-refractivity contribution in [3.05, 3.63) is 35.4 Å². The van der Waals surface area contributed by atoms with E-state index >= 15 is 0 Å². The van der Waals surface area contributed by atoms with Crippen LogP contribution in [0.25, 0.3) is 0 Å². The third kappa shape index (κ3) is 8.55. The molecule has 0 heterocycles. The van der Waals surface area contributed by atoms with Crippen molar-refractivity contribution >= 4 is 11.9 Å². The van der Waals surface area contributed by atoms with Crippen molar-refractivity contribution < 1.29 is 9.90 Å². The summed E-state index contributed by atoms with van der Waals surface area (Å²) >= 11 is 0. The number of nitrogens with zero attached hydrogens (tertiary/aromatic N) is 1.